The first kappa shape index (κ1) is 14.3. The standard InChI is InChI=1S/C16H25FN2/c1-2-4-13-5-3-9-19(10-8-13)12-14-11-15(17)6-7-16(14)18/h6-7,11,13H,2-5,8-10,12,18H2,1H3. The number of rotatable bonds is 4. The molecule has 1 aromatic rings. The third kappa shape index (κ3) is 4.20. The second kappa shape index (κ2) is 6.90. The zero-order chi connectivity index (χ0) is 13.7. The molecule has 1 aliphatic rings. The van der Waals surface area contributed by atoms with E-state index in [1.54, 1.807) is 12.1 Å². The molecule has 2 nitrogen and oxygen atoms in total. The Morgan fingerprint density at radius 2 is 2.16 bits per heavy atom. The molecule has 0 saturated carbocycles. The van der Waals surface area contributed by atoms with E-state index < -0.39 is 0 Å². The molecule has 1 fully saturated rings. The van der Waals surface area contributed by atoms with E-state index in [2.05, 4.69) is 11.8 Å². The number of hydrogen-bond acceptors (Lipinski definition) is 2. The second-order valence-electron chi connectivity index (χ2n) is 5.70. The summed E-state index contributed by atoms with van der Waals surface area (Å²) in [5, 5.41) is 0. The lowest BCUT2D eigenvalue weighted by Gasteiger charge is -2.21. The molecule has 0 spiro atoms. The van der Waals surface area contributed by atoms with Crippen LogP contribution in [0.15, 0.2) is 18.2 Å². The van der Waals surface area contributed by atoms with E-state index in [0.29, 0.717) is 5.69 Å². The fraction of sp³-hybridized carbons (Fsp3) is 0.625. The van der Waals surface area contributed by atoms with Crippen molar-refractivity contribution >= 4 is 5.69 Å². The molecule has 1 aromatic carbocycles. The minimum atomic E-state index is -0.192. The van der Waals surface area contributed by atoms with Crippen LogP contribution in [0, 0.1) is 11.7 Å². The Bertz CT molecular complexity index is 406. The number of halogens is 1. The van der Waals surface area contributed by atoms with Gasteiger partial charge in [-0.2, -0.15) is 0 Å². The van der Waals surface area contributed by atoms with Gasteiger partial charge in [0.15, 0.2) is 0 Å². The highest BCUT2D eigenvalue weighted by Crippen LogP contribution is 2.24. The minimum absolute atomic E-state index is 0.192. The van der Waals surface area contributed by atoms with Gasteiger partial charge >= 0.3 is 0 Å². The summed E-state index contributed by atoms with van der Waals surface area (Å²) in [6, 6.07) is 4.67. The first-order valence-electron chi connectivity index (χ1n) is 7.45. The Balaban J connectivity index is 1.94. The number of nitrogens with zero attached hydrogens (tertiary/aromatic N) is 1. The van der Waals surface area contributed by atoms with Gasteiger partial charge in [0.05, 0.1) is 0 Å². The van der Waals surface area contributed by atoms with Gasteiger partial charge in [-0.3, -0.25) is 4.90 Å². The molecular weight excluding hydrogens is 239 g/mol. The molecule has 0 amide bonds. The van der Waals surface area contributed by atoms with Crippen molar-refractivity contribution < 1.29 is 4.39 Å². The van der Waals surface area contributed by atoms with Crippen LogP contribution in [0.3, 0.4) is 0 Å². The van der Waals surface area contributed by atoms with Crippen LogP contribution in [0.4, 0.5) is 10.1 Å². The maximum Gasteiger partial charge on any atom is 0.123 e. The van der Waals surface area contributed by atoms with Crippen molar-refractivity contribution in [3.8, 4) is 0 Å². The fourth-order valence-corrected chi connectivity index (χ4v) is 3.03. The molecule has 0 aromatic heterocycles. The average Bonchev–Trinajstić information content (AvgIpc) is 2.60. The molecule has 1 aliphatic heterocycles. The van der Waals surface area contributed by atoms with Crippen LogP contribution in [-0.4, -0.2) is 18.0 Å². The van der Waals surface area contributed by atoms with Crippen molar-refractivity contribution in [1.29, 1.82) is 0 Å². The van der Waals surface area contributed by atoms with Crippen molar-refractivity contribution in [3.05, 3.63) is 29.6 Å². The van der Waals surface area contributed by atoms with Crippen LogP contribution in [0.2, 0.25) is 0 Å². The molecule has 1 heterocycles. The molecular formula is C16H25FN2. The van der Waals surface area contributed by atoms with Crippen molar-refractivity contribution in [2.45, 2.75) is 45.6 Å². The first-order valence-corrected chi connectivity index (χ1v) is 7.45. The Hall–Kier alpha value is -1.09. The summed E-state index contributed by atoms with van der Waals surface area (Å²) in [5.74, 6) is 0.683. The van der Waals surface area contributed by atoms with E-state index in [1.165, 1.54) is 38.2 Å². The van der Waals surface area contributed by atoms with Gasteiger partial charge in [-0.25, -0.2) is 4.39 Å². The van der Waals surface area contributed by atoms with E-state index in [1.807, 2.05) is 0 Å². The minimum Gasteiger partial charge on any atom is -0.398 e. The molecule has 1 unspecified atom stereocenters. The molecule has 2 rings (SSSR count). The number of nitrogens with two attached hydrogens (primary N) is 1. The summed E-state index contributed by atoms with van der Waals surface area (Å²) in [6.07, 6.45) is 6.48. The van der Waals surface area contributed by atoms with Crippen LogP contribution in [-0.2, 0) is 6.54 Å². The summed E-state index contributed by atoms with van der Waals surface area (Å²) >= 11 is 0. The van der Waals surface area contributed by atoms with E-state index in [9.17, 15) is 4.39 Å². The number of anilines is 1. The Morgan fingerprint density at radius 3 is 2.95 bits per heavy atom. The molecule has 0 radical (unpaired) electrons. The van der Waals surface area contributed by atoms with Gasteiger partial charge in [0.1, 0.15) is 5.82 Å². The molecule has 1 atom stereocenters. The summed E-state index contributed by atoms with van der Waals surface area (Å²) in [4.78, 5) is 2.42. The Morgan fingerprint density at radius 1 is 1.32 bits per heavy atom. The first-order chi connectivity index (χ1) is 9.19. The quantitative estimate of drug-likeness (QED) is 0.838. The van der Waals surface area contributed by atoms with Crippen LogP contribution in [0.5, 0.6) is 0 Å². The molecule has 2 N–H and O–H groups in total. The van der Waals surface area contributed by atoms with E-state index in [0.717, 1.165) is 31.1 Å². The topological polar surface area (TPSA) is 29.3 Å². The van der Waals surface area contributed by atoms with Gasteiger partial charge < -0.3 is 5.73 Å². The van der Waals surface area contributed by atoms with Gasteiger partial charge in [0, 0.05) is 12.2 Å². The molecule has 106 valence electrons. The lowest BCUT2D eigenvalue weighted by atomic mass is 9.96. The lowest BCUT2D eigenvalue weighted by molar-refractivity contribution is 0.271. The zero-order valence-corrected chi connectivity index (χ0v) is 11.9. The van der Waals surface area contributed by atoms with Gasteiger partial charge in [0.25, 0.3) is 0 Å². The Labute approximate surface area is 115 Å². The van der Waals surface area contributed by atoms with Crippen molar-refractivity contribution in [2.24, 2.45) is 5.92 Å². The predicted octanol–water partition coefficient (Wildman–Crippen LogP) is 3.81. The highest BCUT2D eigenvalue weighted by Gasteiger charge is 2.17. The summed E-state index contributed by atoms with van der Waals surface area (Å²) in [6.45, 7) is 5.26. The summed E-state index contributed by atoms with van der Waals surface area (Å²) in [5.41, 5.74) is 7.56. The number of nitrogen functional groups attached to an aromatic ring is 1. The van der Waals surface area contributed by atoms with Crippen LogP contribution in [0.25, 0.3) is 0 Å². The molecule has 0 bridgehead atoms. The SMILES string of the molecule is CCCC1CCCN(Cc2cc(F)ccc2N)CC1. The number of likely N-dealkylation sites (tertiary alicyclic amines) is 1. The number of hydrogen-bond donors (Lipinski definition) is 1. The maximum atomic E-state index is 13.3. The smallest absolute Gasteiger partial charge is 0.123 e. The number of benzene rings is 1. The van der Waals surface area contributed by atoms with Gasteiger partial charge in [-0.1, -0.05) is 19.8 Å². The van der Waals surface area contributed by atoms with E-state index in [4.69, 9.17) is 5.73 Å². The van der Waals surface area contributed by atoms with Crippen molar-refractivity contribution in [1.82, 2.24) is 4.90 Å². The summed E-state index contributed by atoms with van der Waals surface area (Å²) < 4.78 is 13.3. The van der Waals surface area contributed by atoms with Crippen molar-refractivity contribution in [2.75, 3.05) is 18.8 Å². The monoisotopic (exact) mass is 264 g/mol. The predicted molar refractivity (Wildman–Crippen MR) is 78.3 cm³/mol. The maximum absolute atomic E-state index is 13.3. The van der Waals surface area contributed by atoms with Crippen LogP contribution in [0.1, 0.15) is 44.6 Å². The third-order valence-corrected chi connectivity index (χ3v) is 4.14. The van der Waals surface area contributed by atoms with Crippen LogP contribution >= 0.6 is 0 Å². The van der Waals surface area contributed by atoms with Gasteiger partial charge in [-0.15, -0.1) is 0 Å². The fourth-order valence-electron chi connectivity index (χ4n) is 3.03. The lowest BCUT2D eigenvalue weighted by Crippen LogP contribution is -2.24. The average molecular weight is 264 g/mol. The van der Waals surface area contributed by atoms with Gasteiger partial charge in [0.2, 0.25) is 0 Å². The molecule has 0 aliphatic carbocycles. The van der Waals surface area contributed by atoms with Gasteiger partial charge in [-0.05, 0) is 62.0 Å². The van der Waals surface area contributed by atoms with E-state index in [-0.39, 0.29) is 5.82 Å². The summed E-state index contributed by atoms with van der Waals surface area (Å²) in [7, 11) is 0. The zero-order valence-electron chi connectivity index (χ0n) is 11.9. The highest BCUT2D eigenvalue weighted by molar-refractivity contribution is 5.46. The molecule has 19 heavy (non-hydrogen) atoms. The second-order valence-corrected chi connectivity index (χ2v) is 5.70. The van der Waals surface area contributed by atoms with Crippen LogP contribution < -0.4 is 5.73 Å². The highest BCUT2D eigenvalue weighted by atomic mass is 19.1. The molecule has 1 saturated heterocycles. The van der Waals surface area contributed by atoms with E-state index >= 15 is 0 Å². The largest absolute Gasteiger partial charge is 0.398 e. The normalized spacial score (nSPS) is 21.3. The molecule has 3 heteroatoms. The Kier molecular flexibility index (Phi) is 5.20. The van der Waals surface area contributed by atoms with Crippen molar-refractivity contribution in [3.63, 3.8) is 0 Å². The third-order valence-electron chi connectivity index (χ3n) is 4.14.